The van der Waals surface area contributed by atoms with Crippen molar-refractivity contribution in [3.63, 3.8) is 0 Å². The van der Waals surface area contributed by atoms with Crippen LogP contribution in [0, 0.1) is 12.8 Å². The third-order valence-electron chi connectivity index (χ3n) is 2.74. The number of benzene rings is 1. The lowest BCUT2D eigenvalue weighted by atomic mass is 10.2. The average Bonchev–Trinajstić information content (AvgIpc) is 2.33. The van der Waals surface area contributed by atoms with Gasteiger partial charge >= 0.3 is 0 Å². The maximum Gasteiger partial charge on any atom is 0.240 e. The summed E-state index contributed by atoms with van der Waals surface area (Å²) in [5.74, 6) is 1.17. The molecule has 3 N–H and O–H groups in total. The highest BCUT2D eigenvalue weighted by Crippen LogP contribution is 2.25. The van der Waals surface area contributed by atoms with Crippen LogP contribution in [0.15, 0.2) is 17.0 Å². The van der Waals surface area contributed by atoms with E-state index < -0.39 is 10.0 Å². The number of nitrogen functional groups attached to an aromatic ring is 1. The third kappa shape index (κ3) is 4.56. The number of halogens is 1. The third-order valence-corrected chi connectivity index (χ3v) is 5.44. The molecule has 0 radical (unpaired) electrons. The van der Waals surface area contributed by atoms with E-state index in [0.29, 0.717) is 22.8 Å². The van der Waals surface area contributed by atoms with Crippen molar-refractivity contribution in [3.8, 4) is 0 Å². The monoisotopic (exact) mass is 322 g/mol. The van der Waals surface area contributed by atoms with Crippen LogP contribution in [0.25, 0.3) is 0 Å². The summed E-state index contributed by atoms with van der Waals surface area (Å²) in [7, 11) is -3.56. The first-order valence-corrected chi connectivity index (χ1v) is 9.07. The number of anilines is 1. The Morgan fingerprint density at radius 2 is 2.11 bits per heavy atom. The van der Waals surface area contributed by atoms with Crippen LogP contribution in [0.2, 0.25) is 5.02 Å². The van der Waals surface area contributed by atoms with Gasteiger partial charge in [-0.1, -0.05) is 18.5 Å². The Hall–Kier alpha value is -0.430. The lowest BCUT2D eigenvalue weighted by Gasteiger charge is -2.13. The number of sulfonamides is 1. The molecule has 0 amide bonds. The Morgan fingerprint density at radius 3 is 2.63 bits per heavy atom. The molecule has 0 aliphatic carbocycles. The van der Waals surface area contributed by atoms with E-state index in [2.05, 4.69) is 4.72 Å². The van der Waals surface area contributed by atoms with Gasteiger partial charge in [0.15, 0.2) is 0 Å². The highest BCUT2D eigenvalue weighted by Gasteiger charge is 2.17. The summed E-state index contributed by atoms with van der Waals surface area (Å²) < 4.78 is 26.8. The molecule has 0 heterocycles. The van der Waals surface area contributed by atoms with E-state index in [-0.39, 0.29) is 10.8 Å². The summed E-state index contributed by atoms with van der Waals surface area (Å²) in [6.07, 6.45) is 1.99. The lowest BCUT2D eigenvalue weighted by Crippen LogP contribution is -2.29. The van der Waals surface area contributed by atoms with Crippen LogP contribution in [0.4, 0.5) is 5.69 Å². The predicted octanol–water partition coefficient (Wildman–Crippen LogP) is 2.51. The van der Waals surface area contributed by atoms with Crippen molar-refractivity contribution in [1.82, 2.24) is 4.72 Å². The summed E-state index contributed by atoms with van der Waals surface area (Å²) in [5.41, 5.74) is 6.81. The zero-order valence-corrected chi connectivity index (χ0v) is 13.6. The molecule has 0 fully saturated rings. The van der Waals surface area contributed by atoms with Crippen molar-refractivity contribution in [1.29, 1.82) is 0 Å². The van der Waals surface area contributed by atoms with Crippen molar-refractivity contribution in [2.24, 2.45) is 5.92 Å². The van der Waals surface area contributed by atoms with Crippen molar-refractivity contribution < 1.29 is 8.42 Å². The van der Waals surface area contributed by atoms with E-state index in [1.54, 1.807) is 18.7 Å². The SMILES string of the molecule is CSCC(C)CNS(=O)(=O)c1cc(N)c(C)c(Cl)c1. The molecule has 1 unspecified atom stereocenters. The van der Waals surface area contributed by atoms with Crippen molar-refractivity contribution in [2.45, 2.75) is 18.7 Å². The molecule has 0 bridgehead atoms. The molecule has 108 valence electrons. The lowest BCUT2D eigenvalue weighted by molar-refractivity contribution is 0.562. The van der Waals surface area contributed by atoms with E-state index >= 15 is 0 Å². The fourth-order valence-electron chi connectivity index (χ4n) is 1.51. The molecule has 1 aromatic carbocycles. The molecule has 1 atom stereocenters. The highest BCUT2D eigenvalue weighted by molar-refractivity contribution is 7.98. The molecule has 0 aliphatic heterocycles. The normalized spacial score (nSPS) is 13.5. The van der Waals surface area contributed by atoms with Gasteiger partial charge in [0.2, 0.25) is 10.0 Å². The average molecular weight is 323 g/mol. The van der Waals surface area contributed by atoms with Gasteiger partial charge in [-0.25, -0.2) is 13.1 Å². The van der Waals surface area contributed by atoms with Gasteiger partial charge in [0, 0.05) is 17.3 Å². The van der Waals surface area contributed by atoms with Gasteiger partial charge in [0.1, 0.15) is 0 Å². The van der Waals surface area contributed by atoms with Gasteiger partial charge in [-0.2, -0.15) is 11.8 Å². The van der Waals surface area contributed by atoms with Crippen molar-refractivity contribution >= 4 is 39.1 Å². The van der Waals surface area contributed by atoms with Crippen LogP contribution < -0.4 is 10.5 Å². The molecule has 1 aromatic rings. The fourth-order valence-corrected chi connectivity index (χ4v) is 3.71. The van der Waals surface area contributed by atoms with Crippen LogP contribution in [0.3, 0.4) is 0 Å². The zero-order chi connectivity index (χ0) is 14.6. The van der Waals surface area contributed by atoms with E-state index in [4.69, 9.17) is 17.3 Å². The maximum absolute atomic E-state index is 12.1. The topological polar surface area (TPSA) is 72.2 Å². The second kappa shape index (κ2) is 6.83. The van der Waals surface area contributed by atoms with Gasteiger partial charge in [-0.15, -0.1) is 0 Å². The Kier molecular flexibility index (Phi) is 5.98. The van der Waals surface area contributed by atoms with Crippen molar-refractivity contribution in [3.05, 3.63) is 22.7 Å². The second-order valence-electron chi connectivity index (χ2n) is 4.53. The van der Waals surface area contributed by atoms with Crippen LogP contribution >= 0.6 is 23.4 Å². The van der Waals surface area contributed by atoms with Gasteiger partial charge in [0.05, 0.1) is 4.90 Å². The molecule has 0 aromatic heterocycles. The van der Waals surface area contributed by atoms with E-state index in [0.717, 1.165) is 5.75 Å². The first kappa shape index (κ1) is 16.6. The summed E-state index contributed by atoms with van der Waals surface area (Å²) in [4.78, 5) is 0.108. The molecule has 0 spiro atoms. The first-order chi connectivity index (χ1) is 8.77. The molecular formula is C12H19ClN2O2S2. The summed E-state index contributed by atoms with van der Waals surface area (Å²) >= 11 is 7.65. The molecule has 4 nitrogen and oxygen atoms in total. The summed E-state index contributed by atoms with van der Waals surface area (Å²) in [6.45, 7) is 4.14. The smallest absolute Gasteiger partial charge is 0.240 e. The van der Waals surface area contributed by atoms with Gasteiger partial charge in [-0.05, 0) is 42.5 Å². The Balaban J connectivity index is 2.89. The number of rotatable bonds is 6. The Labute approximate surface area is 124 Å². The minimum atomic E-state index is -3.56. The number of thioether (sulfide) groups is 1. The molecule has 1 rings (SSSR count). The maximum atomic E-state index is 12.1. The van der Waals surface area contributed by atoms with Gasteiger partial charge < -0.3 is 5.73 Å². The molecular weight excluding hydrogens is 304 g/mol. The summed E-state index contributed by atoms with van der Waals surface area (Å²) in [5, 5.41) is 0.359. The summed E-state index contributed by atoms with van der Waals surface area (Å²) in [6, 6.07) is 2.86. The molecule has 19 heavy (non-hydrogen) atoms. The minimum Gasteiger partial charge on any atom is -0.398 e. The van der Waals surface area contributed by atoms with E-state index in [9.17, 15) is 8.42 Å². The molecule has 0 saturated heterocycles. The number of hydrogen-bond donors (Lipinski definition) is 2. The van der Waals surface area contributed by atoms with Crippen molar-refractivity contribution in [2.75, 3.05) is 24.3 Å². The highest BCUT2D eigenvalue weighted by atomic mass is 35.5. The predicted molar refractivity (Wildman–Crippen MR) is 83.3 cm³/mol. The largest absolute Gasteiger partial charge is 0.398 e. The van der Waals surface area contributed by atoms with Gasteiger partial charge in [0.25, 0.3) is 0 Å². The van der Waals surface area contributed by atoms with Gasteiger partial charge in [-0.3, -0.25) is 0 Å². The van der Waals surface area contributed by atoms with Crippen LogP contribution in [-0.4, -0.2) is 27.0 Å². The Morgan fingerprint density at radius 1 is 1.47 bits per heavy atom. The molecule has 7 heteroatoms. The minimum absolute atomic E-state index is 0.108. The first-order valence-electron chi connectivity index (χ1n) is 5.82. The van der Waals surface area contributed by atoms with Crippen LogP contribution in [0.5, 0.6) is 0 Å². The zero-order valence-electron chi connectivity index (χ0n) is 11.2. The van der Waals surface area contributed by atoms with Crippen LogP contribution in [-0.2, 0) is 10.0 Å². The second-order valence-corrected chi connectivity index (χ2v) is 7.62. The number of nitrogens with one attached hydrogen (secondary N) is 1. The fraction of sp³-hybridized carbons (Fsp3) is 0.500. The number of nitrogens with two attached hydrogens (primary N) is 1. The van der Waals surface area contributed by atoms with E-state index in [1.165, 1.54) is 12.1 Å². The van der Waals surface area contributed by atoms with Crippen LogP contribution in [0.1, 0.15) is 12.5 Å². The Bertz CT molecular complexity index is 524. The van der Waals surface area contributed by atoms with E-state index in [1.807, 2.05) is 13.2 Å². The quantitative estimate of drug-likeness (QED) is 0.789. The molecule has 0 saturated carbocycles. The standard InChI is InChI=1S/C12H19ClN2O2S2/c1-8(7-18-3)6-15-19(16,17)10-4-11(13)9(2)12(14)5-10/h4-5,8,15H,6-7,14H2,1-3H3. The molecule has 0 aliphatic rings. The number of hydrogen-bond acceptors (Lipinski definition) is 4.